The normalized spacial score (nSPS) is 18.9. The van der Waals surface area contributed by atoms with Crippen molar-refractivity contribution in [3.05, 3.63) is 29.6 Å². The third-order valence-corrected chi connectivity index (χ3v) is 3.77. The van der Waals surface area contributed by atoms with Crippen molar-refractivity contribution in [1.29, 1.82) is 0 Å². The topological polar surface area (TPSA) is 78.4 Å². The summed E-state index contributed by atoms with van der Waals surface area (Å²) < 4.78 is 13.6. The van der Waals surface area contributed by atoms with Crippen molar-refractivity contribution >= 4 is 29.3 Å². The molecule has 2 rings (SSSR count). The van der Waals surface area contributed by atoms with Crippen LogP contribution in [-0.4, -0.2) is 41.1 Å². The molecule has 102 valence electrons. The number of rotatable bonds is 3. The van der Waals surface area contributed by atoms with Crippen molar-refractivity contribution in [1.82, 2.24) is 5.32 Å². The molecule has 1 aliphatic heterocycles. The first-order chi connectivity index (χ1) is 9.08. The van der Waals surface area contributed by atoms with Gasteiger partial charge in [-0.25, -0.2) is 9.18 Å². The Balaban J connectivity index is 2.06. The van der Waals surface area contributed by atoms with E-state index in [2.05, 4.69) is 10.6 Å². The van der Waals surface area contributed by atoms with Crippen LogP contribution in [0.1, 0.15) is 10.4 Å². The molecule has 0 bridgehead atoms. The molecular formula is C12H13FN2O3S. The number of aromatic carboxylic acids is 1. The van der Waals surface area contributed by atoms with Crippen molar-refractivity contribution in [2.24, 2.45) is 0 Å². The fourth-order valence-corrected chi connectivity index (χ4v) is 2.64. The molecule has 1 heterocycles. The first-order valence-electron chi connectivity index (χ1n) is 5.73. The lowest BCUT2D eigenvalue weighted by molar-refractivity contribution is -0.117. The molecule has 3 N–H and O–H groups in total. The molecule has 1 fully saturated rings. The zero-order valence-corrected chi connectivity index (χ0v) is 10.8. The summed E-state index contributed by atoms with van der Waals surface area (Å²) in [6.45, 7) is 0.739. The van der Waals surface area contributed by atoms with Crippen LogP contribution in [0.25, 0.3) is 0 Å². The fraction of sp³-hybridized carbons (Fsp3) is 0.333. The summed E-state index contributed by atoms with van der Waals surface area (Å²) in [4.78, 5) is 22.5. The van der Waals surface area contributed by atoms with Gasteiger partial charge >= 0.3 is 5.97 Å². The highest BCUT2D eigenvalue weighted by atomic mass is 32.2. The molecule has 1 saturated heterocycles. The largest absolute Gasteiger partial charge is 0.478 e. The number of anilines is 1. The minimum absolute atomic E-state index is 0.00706. The molecule has 1 unspecified atom stereocenters. The summed E-state index contributed by atoms with van der Waals surface area (Å²) in [6, 6.07) is 3.05. The predicted molar refractivity (Wildman–Crippen MR) is 71.1 cm³/mol. The van der Waals surface area contributed by atoms with Crippen LogP contribution in [0.2, 0.25) is 0 Å². The Labute approximate surface area is 113 Å². The Morgan fingerprint density at radius 2 is 2.26 bits per heavy atom. The molecule has 19 heavy (non-hydrogen) atoms. The van der Waals surface area contributed by atoms with E-state index in [1.807, 2.05) is 0 Å². The number of carboxylic acid groups (broad SMARTS) is 1. The number of nitrogens with one attached hydrogen (secondary N) is 2. The number of carbonyl (C=O) groups is 2. The first-order valence-corrected chi connectivity index (χ1v) is 6.88. The molecule has 1 atom stereocenters. The molecular weight excluding hydrogens is 271 g/mol. The molecule has 1 aliphatic rings. The molecule has 1 aromatic rings. The van der Waals surface area contributed by atoms with Crippen molar-refractivity contribution < 1.29 is 19.1 Å². The van der Waals surface area contributed by atoms with Gasteiger partial charge in [0.05, 0.1) is 17.3 Å². The molecule has 0 saturated carbocycles. The summed E-state index contributed by atoms with van der Waals surface area (Å²) in [5.74, 6) is -0.681. The number of carboxylic acids is 1. The quantitative estimate of drug-likeness (QED) is 0.776. The van der Waals surface area contributed by atoms with Gasteiger partial charge in [-0.2, -0.15) is 11.8 Å². The molecule has 1 amide bonds. The van der Waals surface area contributed by atoms with E-state index in [-0.39, 0.29) is 23.2 Å². The fourth-order valence-electron chi connectivity index (χ4n) is 1.70. The van der Waals surface area contributed by atoms with Crippen LogP contribution >= 0.6 is 11.8 Å². The van der Waals surface area contributed by atoms with E-state index in [0.717, 1.165) is 18.4 Å². The highest BCUT2D eigenvalue weighted by Gasteiger charge is 2.21. The zero-order valence-electron chi connectivity index (χ0n) is 9.98. The van der Waals surface area contributed by atoms with Crippen LogP contribution in [0.4, 0.5) is 10.1 Å². The first kappa shape index (κ1) is 13.8. The molecule has 5 nitrogen and oxygen atoms in total. The number of thioether (sulfide) groups is 1. The second-order valence-corrected chi connectivity index (χ2v) is 5.22. The lowest BCUT2D eigenvalue weighted by atomic mass is 10.2. The summed E-state index contributed by atoms with van der Waals surface area (Å²) in [5.41, 5.74) is -0.158. The number of hydrogen-bond donors (Lipinski definition) is 3. The van der Waals surface area contributed by atoms with Crippen LogP contribution in [0.15, 0.2) is 18.2 Å². The highest BCUT2D eigenvalue weighted by Crippen LogP contribution is 2.17. The Morgan fingerprint density at radius 3 is 2.84 bits per heavy atom. The maximum atomic E-state index is 13.6. The molecule has 0 radical (unpaired) electrons. The third-order valence-electron chi connectivity index (χ3n) is 2.71. The van der Waals surface area contributed by atoms with Crippen LogP contribution in [-0.2, 0) is 4.79 Å². The number of benzene rings is 1. The van der Waals surface area contributed by atoms with E-state index in [1.165, 1.54) is 12.1 Å². The van der Waals surface area contributed by atoms with Crippen LogP contribution in [0.3, 0.4) is 0 Å². The SMILES string of the molecule is O=C(O)c1ccc(NC(=O)C2CSCCN2)c(F)c1. The van der Waals surface area contributed by atoms with Gasteiger partial charge in [-0.1, -0.05) is 0 Å². The van der Waals surface area contributed by atoms with Crippen molar-refractivity contribution in [2.45, 2.75) is 6.04 Å². The van der Waals surface area contributed by atoms with Crippen molar-refractivity contribution in [3.8, 4) is 0 Å². The Kier molecular flexibility index (Phi) is 4.39. The maximum absolute atomic E-state index is 13.6. The maximum Gasteiger partial charge on any atom is 0.335 e. The monoisotopic (exact) mass is 284 g/mol. The molecule has 7 heteroatoms. The Hall–Kier alpha value is -1.60. The average Bonchev–Trinajstić information content (AvgIpc) is 2.41. The zero-order chi connectivity index (χ0) is 13.8. The van der Waals surface area contributed by atoms with Gasteiger partial charge in [0, 0.05) is 18.1 Å². The Morgan fingerprint density at radius 1 is 1.47 bits per heavy atom. The smallest absolute Gasteiger partial charge is 0.335 e. The molecule has 1 aromatic carbocycles. The standard InChI is InChI=1S/C12H13FN2O3S/c13-8-5-7(12(17)18)1-2-9(8)15-11(16)10-6-19-4-3-14-10/h1-2,5,10,14H,3-4,6H2,(H,15,16)(H,17,18). The second-order valence-electron chi connectivity index (χ2n) is 4.07. The van der Waals surface area contributed by atoms with E-state index in [9.17, 15) is 14.0 Å². The molecule has 0 aromatic heterocycles. The lowest BCUT2D eigenvalue weighted by Gasteiger charge is -2.22. The van der Waals surface area contributed by atoms with Gasteiger partial charge in [-0.15, -0.1) is 0 Å². The number of amides is 1. The van der Waals surface area contributed by atoms with Gasteiger partial charge in [0.2, 0.25) is 5.91 Å². The summed E-state index contributed by atoms with van der Waals surface area (Å²) >= 11 is 1.66. The van der Waals surface area contributed by atoms with Gasteiger partial charge < -0.3 is 15.7 Å². The average molecular weight is 284 g/mol. The number of carbonyl (C=O) groups excluding carboxylic acids is 1. The van der Waals surface area contributed by atoms with Crippen LogP contribution < -0.4 is 10.6 Å². The highest BCUT2D eigenvalue weighted by molar-refractivity contribution is 7.99. The minimum Gasteiger partial charge on any atom is -0.478 e. The second kappa shape index (κ2) is 6.03. The lowest BCUT2D eigenvalue weighted by Crippen LogP contribution is -2.46. The predicted octanol–water partition coefficient (Wildman–Crippen LogP) is 1.17. The van der Waals surface area contributed by atoms with Gasteiger partial charge in [-0.05, 0) is 18.2 Å². The Bertz CT molecular complexity index is 504. The van der Waals surface area contributed by atoms with Crippen molar-refractivity contribution in [3.63, 3.8) is 0 Å². The third kappa shape index (κ3) is 3.45. The van der Waals surface area contributed by atoms with E-state index < -0.39 is 11.8 Å². The van der Waals surface area contributed by atoms with Crippen LogP contribution in [0, 0.1) is 5.82 Å². The summed E-state index contributed by atoms with van der Waals surface area (Å²) in [5, 5.41) is 14.2. The molecule has 0 spiro atoms. The van der Waals surface area contributed by atoms with Crippen molar-refractivity contribution in [2.75, 3.05) is 23.4 Å². The number of hydrogen-bond acceptors (Lipinski definition) is 4. The number of halogens is 1. The minimum atomic E-state index is -1.21. The van der Waals surface area contributed by atoms with E-state index in [0.29, 0.717) is 5.75 Å². The van der Waals surface area contributed by atoms with E-state index in [1.54, 1.807) is 11.8 Å². The molecule has 0 aliphatic carbocycles. The van der Waals surface area contributed by atoms with E-state index >= 15 is 0 Å². The van der Waals surface area contributed by atoms with Crippen LogP contribution in [0.5, 0.6) is 0 Å². The van der Waals surface area contributed by atoms with Gasteiger partial charge in [0.15, 0.2) is 0 Å². The van der Waals surface area contributed by atoms with Gasteiger partial charge in [0.1, 0.15) is 5.82 Å². The van der Waals surface area contributed by atoms with Gasteiger partial charge in [0.25, 0.3) is 0 Å². The van der Waals surface area contributed by atoms with E-state index in [4.69, 9.17) is 5.11 Å². The summed E-state index contributed by atoms with van der Waals surface area (Å²) in [6.07, 6.45) is 0. The summed E-state index contributed by atoms with van der Waals surface area (Å²) in [7, 11) is 0. The van der Waals surface area contributed by atoms with Gasteiger partial charge in [-0.3, -0.25) is 4.79 Å².